The van der Waals surface area contributed by atoms with Crippen LogP contribution in [0.25, 0.3) is 0 Å². The lowest BCUT2D eigenvalue weighted by Crippen LogP contribution is -2.02. The largest absolute Gasteiger partial charge is 0.388 e. The molecule has 0 bridgehead atoms. The average Bonchev–Trinajstić information content (AvgIpc) is 2.73. The van der Waals surface area contributed by atoms with E-state index in [1.54, 1.807) is 17.1 Å². The topological polar surface area (TPSA) is 50.9 Å². The summed E-state index contributed by atoms with van der Waals surface area (Å²) >= 11 is 0. The van der Waals surface area contributed by atoms with Crippen molar-refractivity contribution in [3.63, 3.8) is 0 Å². The molecule has 2 rings (SSSR count). The molecule has 0 amide bonds. The van der Waals surface area contributed by atoms with Gasteiger partial charge in [-0.05, 0) is 42.5 Å². The predicted octanol–water partition coefficient (Wildman–Crippen LogP) is 1.79. The summed E-state index contributed by atoms with van der Waals surface area (Å²) < 4.78 is 1.78. The highest BCUT2D eigenvalue weighted by atomic mass is 16.3. The lowest BCUT2D eigenvalue weighted by atomic mass is 10.0. The van der Waals surface area contributed by atoms with Gasteiger partial charge in [0.15, 0.2) is 0 Å². The summed E-state index contributed by atoms with van der Waals surface area (Å²) in [4.78, 5) is 4.02. The number of aryl methyl sites for hydroxylation is 3. The van der Waals surface area contributed by atoms with E-state index in [0.29, 0.717) is 6.42 Å². The minimum absolute atomic E-state index is 0.432. The SMILES string of the molecule is Cc1cnccc1C(O)CCc1cnn(C)c1. The Morgan fingerprint density at radius 2 is 2.24 bits per heavy atom. The maximum Gasteiger partial charge on any atom is 0.0796 e. The van der Waals surface area contributed by atoms with Gasteiger partial charge in [0.05, 0.1) is 12.3 Å². The van der Waals surface area contributed by atoms with Crippen LogP contribution in [0.15, 0.2) is 30.9 Å². The smallest absolute Gasteiger partial charge is 0.0796 e. The van der Waals surface area contributed by atoms with Crippen LogP contribution in [0.1, 0.15) is 29.2 Å². The predicted molar refractivity (Wildman–Crippen MR) is 65.5 cm³/mol. The lowest BCUT2D eigenvalue weighted by Gasteiger charge is -2.12. The van der Waals surface area contributed by atoms with Gasteiger partial charge in [0.2, 0.25) is 0 Å². The van der Waals surface area contributed by atoms with Crippen molar-refractivity contribution in [2.45, 2.75) is 25.9 Å². The summed E-state index contributed by atoms with van der Waals surface area (Å²) in [6, 6.07) is 1.88. The van der Waals surface area contributed by atoms with Gasteiger partial charge < -0.3 is 5.11 Å². The van der Waals surface area contributed by atoms with Gasteiger partial charge in [-0.25, -0.2) is 0 Å². The van der Waals surface area contributed by atoms with E-state index >= 15 is 0 Å². The Hall–Kier alpha value is -1.68. The number of pyridine rings is 1. The van der Waals surface area contributed by atoms with Gasteiger partial charge in [-0.3, -0.25) is 9.67 Å². The Bertz CT molecular complexity index is 493. The van der Waals surface area contributed by atoms with Crippen molar-refractivity contribution in [3.05, 3.63) is 47.5 Å². The normalized spacial score (nSPS) is 12.6. The van der Waals surface area contributed by atoms with Crippen LogP contribution in [0.2, 0.25) is 0 Å². The van der Waals surface area contributed by atoms with Crippen LogP contribution >= 0.6 is 0 Å². The minimum atomic E-state index is -0.432. The minimum Gasteiger partial charge on any atom is -0.388 e. The quantitative estimate of drug-likeness (QED) is 0.872. The van der Waals surface area contributed by atoms with Gasteiger partial charge in [-0.1, -0.05) is 0 Å². The van der Waals surface area contributed by atoms with Crippen molar-refractivity contribution in [3.8, 4) is 0 Å². The first-order valence-electron chi connectivity index (χ1n) is 5.73. The molecule has 0 saturated heterocycles. The molecule has 2 aromatic rings. The third-order valence-corrected chi connectivity index (χ3v) is 2.89. The molecule has 1 unspecified atom stereocenters. The first kappa shape index (κ1) is 11.8. The van der Waals surface area contributed by atoms with E-state index in [4.69, 9.17) is 0 Å². The van der Waals surface area contributed by atoms with Crippen LogP contribution in [-0.2, 0) is 13.5 Å². The van der Waals surface area contributed by atoms with Crippen molar-refractivity contribution in [2.24, 2.45) is 7.05 Å². The Balaban J connectivity index is 1.98. The molecular formula is C13H17N3O. The van der Waals surface area contributed by atoms with Gasteiger partial charge >= 0.3 is 0 Å². The molecule has 1 N–H and O–H groups in total. The van der Waals surface area contributed by atoms with Crippen LogP contribution in [-0.4, -0.2) is 19.9 Å². The fraction of sp³-hybridized carbons (Fsp3) is 0.385. The Labute approximate surface area is 101 Å². The van der Waals surface area contributed by atoms with Crippen LogP contribution in [0.3, 0.4) is 0 Å². The van der Waals surface area contributed by atoms with Crippen molar-refractivity contribution in [1.82, 2.24) is 14.8 Å². The lowest BCUT2D eigenvalue weighted by molar-refractivity contribution is 0.167. The Morgan fingerprint density at radius 1 is 1.41 bits per heavy atom. The number of rotatable bonds is 4. The molecule has 90 valence electrons. The highest BCUT2D eigenvalue weighted by Crippen LogP contribution is 2.21. The molecular weight excluding hydrogens is 214 g/mol. The molecule has 0 aliphatic heterocycles. The fourth-order valence-electron chi connectivity index (χ4n) is 1.92. The highest BCUT2D eigenvalue weighted by molar-refractivity contribution is 5.24. The van der Waals surface area contributed by atoms with E-state index in [-0.39, 0.29) is 0 Å². The zero-order valence-electron chi connectivity index (χ0n) is 10.2. The fourth-order valence-corrected chi connectivity index (χ4v) is 1.92. The standard InChI is InChI=1S/C13H17N3O/c1-10-7-14-6-5-12(10)13(17)4-3-11-8-15-16(2)9-11/h5-9,13,17H,3-4H2,1-2H3. The maximum atomic E-state index is 10.1. The van der Waals surface area contributed by atoms with Crippen LogP contribution < -0.4 is 0 Å². The number of hydrogen-bond donors (Lipinski definition) is 1. The van der Waals surface area contributed by atoms with E-state index in [2.05, 4.69) is 10.1 Å². The zero-order chi connectivity index (χ0) is 12.3. The second-order valence-corrected chi connectivity index (χ2v) is 4.31. The van der Waals surface area contributed by atoms with Crippen molar-refractivity contribution in [1.29, 1.82) is 0 Å². The summed E-state index contributed by atoms with van der Waals surface area (Å²) in [5, 5.41) is 14.2. The van der Waals surface area contributed by atoms with Crippen LogP contribution in [0.5, 0.6) is 0 Å². The van der Waals surface area contributed by atoms with Crippen molar-refractivity contribution >= 4 is 0 Å². The number of aliphatic hydroxyl groups is 1. The molecule has 2 aromatic heterocycles. The molecule has 0 spiro atoms. The molecule has 17 heavy (non-hydrogen) atoms. The molecule has 0 aromatic carbocycles. The van der Waals surface area contributed by atoms with E-state index < -0.39 is 6.10 Å². The monoisotopic (exact) mass is 231 g/mol. The highest BCUT2D eigenvalue weighted by Gasteiger charge is 2.10. The molecule has 0 saturated carbocycles. The molecule has 0 fully saturated rings. The van der Waals surface area contributed by atoms with Gasteiger partial charge in [0, 0.05) is 25.6 Å². The first-order valence-corrected chi connectivity index (χ1v) is 5.73. The van der Waals surface area contributed by atoms with Crippen molar-refractivity contribution in [2.75, 3.05) is 0 Å². The summed E-state index contributed by atoms with van der Waals surface area (Å²) in [6.07, 6.45) is 8.42. The van der Waals surface area contributed by atoms with Gasteiger partial charge in [0.1, 0.15) is 0 Å². The molecule has 0 aliphatic carbocycles. The third-order valence-electron chi connectivity index (χ3n) is 2.89. The molecule has 4 heteroatoms. The molecule has 4 nitrogen and oxygen atoms in total. The van der Waals surface area contributed by atoms with Gasteiger partial charge in [-0.15, -0.1) is 0 Å². The molecule has 1 atom stereocenters. The number of nitrogens with zero attached hydrogens (tertiary/aromatic N) is 3. The van der Waals surface area contributed by atoms with Crippen LogP contribution in [0.4, 0.5) is 0 Å². The average molecular weight is 231 g/mol. The van der Waals surface area contributed by atoms with E-state index in [9.17, 15) is 5.11 Å². The molecule has 0 aliphatic rings. The third kappa shape index (κ3) is 2.91. The van der Waals surface area contributed by atoms with E-state index in [1.165, 1.54) is 0 Å². The van der Waals surface area contributed by atoms with Crippen molar-refractivity contribution < 1.29 is 5.11 Å². The van der Waals surface area contributed by atoms with Crippen LogP contribution in [0, 0.1) is 6.92 Å². The summed E-state index contributed by atoms with van der Waals surface area (Å²) in [7, 11) is 1.90. The Morgan fingerprint density at radius 3 is 2.88 bits per heavy atom. The Kier molecular flexibility index (Phi) is 3.54. The molecule has 0 radical (unpaired) electrons. The second-order valence-electron chi connectivity index (χ2n) is 4.31. The van der Waals surface area contributed by atoms with Gasteiger partial charge in [0.25, 0.3) is 0 Å². The zero-order valence-corrected chi connectivity index (χ0v) is 10.2. The number of aromatic nitrogens is 3. The molecule has 2 heterocycles. The first-order chi connectivity index (χ1) is 8.16. The maximum absolute atomic E-state index is 10.1. The second kappa shape index (κ2) is 5.10. The summed E-state index contributed by atoms with van der Waals surface area (Å²) in [6.45, 7) is 1.97. The summed E-state index contributed by atoms with van der Waals surface area (Å²) in [5.74, 6) is 0. The number of hydrogen-bond acceptors (Lipinski definition) is 3. The van der Waals surface area contributed by atoms with Gasteiger partial charge in [-0.2, -0.15) is 5.10 Å². The van der Waals surface area contributed by atoms with E-state index in [0.717, 1.165) is 23.1 Å². The van der Waals surface area contributed by atoms with E-state index in [1.807, 2.05) is 32.4 Å². The number of aliphatic hydroxyl groups excluding tert-OH is 1. The summed E-state index contributed by atoms with van der Waals surface area (Å²) in [5.41, 5.74) is 3.15.